The van der Waals surface area contributed by atoms with Gasteiger partial charge in [-0.1, -0.05) is 0 Å². The summed E-state index contributed by atoms with van der Waals surface area (Å²) in [6.45, 7) is 6.45. The Balaban J connectivity index is 1.71. The number of aliphatic hydroxyl groups excluding tert-OH is 4. The minimum Gasteiger partial charge on any atom is -0.388 e. The van der Waals surface area contributed by atoms with Crippen LogP contribution in [0.2, 0.25) is 0 Å². The third-order valence-electron chi connectivity index (χ3n) is 5.59. The predicted molar refractivity (Wildman–Crippen MR) is 96.6 cm³/mol. The Labute approximate surface area is 169 Å². The molecule has 10 nitrogen and oxygen atoms in total. The van der Waals surface area contributed by atoms with Gasteiger partial charge < -0.3 is 44.1 Å². The molecule has 10 heteroatoms. The van der Waals surface area contributed by atoms with Crippen molar-refractivity contribution in [3.8, 4) is 0 Å². The van der Waals surface area contributed by atoms with Gasteiger partial charge in [0.25, 0.3) is 0 Å². The molecule has 0 aliphatic carbocycles. The van der Waals surface area contributed by atoms with Gasteiger partial charge in [0.2, 0.25) is 0 Å². The molecule has 7 unspecified atom stereocenters. The number of carbonyl (C=O) groups is 1. The van der Waals surface area contributed by atoms with E-state index in [1.54, 1.807) is 27.7 Å². The molecule has 0 spiro atoms. The molecule has 0 aromatic carbocycles. The zero-order chi connectivity index (χ0) is 21.5. The van der Waals surface area contributed by atoms with Crippen molar-refractivity contribution in [3.63, 3.8) is 0 Å². The topological polar surface area (TPSA) is 144 Å². The molecule has 2 fully saturated rings. The summed E-state index contributed by atoms with van der Waals surface area (Å²) < 4.78 is 27.8. The largest absolute Gasteiger partial charge is 0.388 e. The molecular weight excluding hydrogens is 388 g/mol. The number of rotatable bonds is 4. The third kappa shape index (κ3) is 4.71. The van der Waals surface area contributed by atoms with Crippen LogP contribution in [-0.4, -0.2) is 99.8 Å². The summed E-state index contributed by atoms with van der Waals surface area (Å²) in [7, 11) is 0. The van der Waals surface area contributed by atoms with Gasteiger partial charge in [0, 0.05) is 0 Å². The van der Waals surface area contributed by atoms with Crippen molar-refractivity contribution in [2.75, 3.05) is 0 Å². The fraction of sp³-hybridized carbons (Fsp3) is 0.842. The molecule has 0 radical (unpaired) electrons. The first-order valence-corrected chi connectivity index (χ1v) is 9.81. The maximum Gasteiger partial charge on any atom is 0.187 e. The van der Waals surface area contributed by atoms with Gasteiger partial charge in [-0.25, -0.2) is 0 Å². The highest BCUT2D eigenvalue weighted by atomic mass is 16.7. The Hall–Kier alpha value is -0.950. The number of hydrogen-bond acceptors (Lipinski definition) is 10. The lowest BCUT2D eigenvalue weighted by atomic mass is 9.95. The monoisotopic (exact) mass is 418 g/mol. The van der Waals surface area contributed by atoms with E-state index in [-0.39, 0.29) is 5.78 Å². The molecule has 2 saturated heterocycles. The Bertz CT molecular complexity index is 598. The predicted octanol–water partition coefficient (Wildman–Crippen LogP) is -1.38. The van der Waals surface area contributed by atoms with Gasteiger partial charge in [-0.15, -0.1) is 0 Å². The Kier molecular flexibility index (Phi) is 7.09. The fourth-order valence-corrected chi connectivity index (χ4v) is 3.68. The molecule has 3 rings (SSSR count). The summed E-state index contributed by atoms with van der Waals surface area (Å²) in [5.41, 5.74) is 0. The van der Waals surface area contributed by atoms with Crippen molar-refractivity contribution in [1.82, 2.24) is 0 Å². The van der Waals surface area contributed by atoms with Crippen molar-refractivity contribution < 1.29 is 48.9 Å². The van der Waals surface area contributed by atoms with Gasteiger partial charge in [0.1, 0.15) is 42.7 Å². The molecule has 3 aliphatic heterocycles. The first-order chi connectivity index (χ1) is 13.6. The molecule has 0 amide bonds. The molecule has 29 heavy (non-hydrogen) atoms. The second-order valence-electron chi connectivity index (χ2n) is 7.83. The molecule has 3 heterocycles. The molecule has 4 N–H and O–H groups in total. The van der Waals surface area contributed by atoms with Crippen LogP contribution in [0.25, 0.3) is 0 Å². The van der Waals surface area contributed by atoms with Crippen LogP contribution < -0.4 is 0 Å². The van der Waals surface area contributed by atoms with E-state index in [0.29, 0.717) is 0 Å². The lowest BCUT2D eigenvalue weighted by Gasteiger charge is -2.46. The van der Waals surface area contributed by atoms with Crippen LogP contribution in [-0.2, 0) is 28.5 Å². The van der Waals surface area contributed by atoms with E-state index in [9.17, 15) is 25.2 Å². The second-order valence-corrected chi connectivity index (χ2v) is 7.83. The van der Waals surface area contributed by atoms with Crippen LogP contribution in [0.5, 0.6) is 0 Å². The van der Waals surface area contributed by atoms with Crippen molar-refractivity contribution in [1.29, 1.82) is 0 Å². The van der Waals surface area contributed by atoms with Crippen molar-refractivity contribution in [3.05, 3.63) is 12.2 Å². The highest BCUT2D eigenvalue weighted by Gasteiger charge is 2.49. The normalized spacial score (nSPS) is 51.2. The highest BCUT2D eigenvalue weighted by Crippen LogP contribution is 2.30. The second kappa shape index (κ2) is 9.04. The van der Waals surface area contributed by atoms with Crippen LogP contribution in [0.3, 0.4) is 0 Å². The Morgan fingerprint density at radius 2 is 1.28 bits per heavy atom. The molecule has 12 atom stereocenters. The van der Waals surface area contributed by atoms with E-state index in [0.717, 1.165) is 0 Å². The van der Waals surface area contributed by atoms with E-state index in [1.165, 1.54) is 12.2 Å². The summed E-state index contributed by atoms with van der Waals surface area (Å²) in [5.74, 6) is -0.210. The molecule has 0 aromatic rings. The standard InChI is InChI=1S/C19H30O10/c1-7-11(20)5-6-12(26-7)28-18-15(23)10(4)27-19(16(18)24)29-17-13(21)8(2)25-9(3)14(17)22/h5-10,12-19,21-24H,1-4H3/t7?,8?,9?,10?,12?,13-,14+,15-,16-,17?,18-,19?/m0/s1. The van der Waals surface area contributed by atoms with Crippen molar-refractivity contribution in [2.45, 2.75) is 101 Å². The number of hydrogen-bond donors (Lipinski definition) is 4. The molecule has 0 saturated carbocycles. The molecule has 3 aliphatic rings. The third-order valence-corrected chi connectivity index (χ3v) is 5.59. The van der Waals surface area contributed by atoms with Crippen LogP contribution in [0.15, 0.2) is 12.2 Å². The van der Waals surface area contributed by atoms with E-state index in [1.807, 2.05) is 0 Å². The minimum absolute atomic E-state index is 0.210. The van der Waals surface area contributed by atoms with E-state index >= 15 is 0 Å². The smallest absolute Gasteiger partial charge is 0.187 e. The summed E-state index contributed by atoms with van der Waals surface area (Å²) in [6.07, 6.45) is -9.31. The van der Waals surface area contributed by atoms with Crippen LogP contribution in [0.1, 0.15) is 27.7 Å². The first kappa shape index (κ1) is 22.7. The van der Waals surface area contributed by atoms with Crippen LogP contribution >= 0.6 is 0 Å². The Morgan fingerprint density at radius 1 is 0.759 bits per heavy atom. The van der Waals surface area contributed by atoms with Crippen molar-refractivity contribution in [2.24, 2.45) is 0 Å². The molecular formula is C19H30O10. The maximum absolute atomic E-state index is 11.5. The maximum atomic E-state index is 11.5. The molecule has 0 aromatic heterocycles. The van der Waals surface area contributed by atoms with Crippen LogP contribution in [0, 0.1) is 0 Å². The molecule has 0 bridgehead atoms. The lowest BCUT2D eigenvalue weighted by Crippen LogP contribution is -2.63. The van der Waals surface area contributed by atoms with Gasteiger partial charge in [0.05, 0.1) is 18.3 Å². The average Bonchev–Trinajstić information content (AvgIpc) is 2.67. The van der Waals surface area contributed by atoms with Crippen LogP contribution in [0.4, 0.5) is 0 Å². The van der Waals surface area contributed by atoms with Gasteiger partial charge >= 0.3 is 0 Å². The van der Waals surface area contributed by atoms with Gasteiger partial charge in [-0.3, -0.25) is 4.79 Å². The molecule has 166 valence electrons. The summed E-state index contributed by atoms with van der Waals surface area (Å²) >= 11 is 0. The SMILES string of the molecule is CC1OC(O[C@@H]2[C@H](O)C(OC3[C@H](O)C(C)OC(C)[C@@H]3O)OC(C)[C@@H]2O)C=CC1=O. The lowest BCUT2D eigenvalue weighted by molar-refractivity contribution is -0.347. The summed E-state index contributed by atoms with van der Waals surface area (Å²) in [4.78, 5) is 11.5. The number of aliphatic hydroxyl groups is 4. The minimum atomic E-state index is -1.45. The van der Waals surface area contributed by atoms with E-state index < -0.39 is 73.6 Å². The number of carbonyl (C=O) groups excluding carboxylic acids is 1. The fourth-order valence-electron chi connectivity index (χ4n) is 3.68. The van der Waals surface area contributed by atoms with Gasteiger partial charge in [-0.05, 0) is 39.8 Å². The number of ketones is 1. The Morgan fingerprint density at radius 3 is 1.83 bits per heavy atom. The zero-order valence-corrected chi connectivity index (χ0v) is 16.8. The van der Waals surface area contributed by atoms with Gasteiger partial charge in [0.15, 0.2) is 18.4 Å². The van der Waals surface area contributed by atoms with E-state index in [4.69, 9.17) is 23.7 Å². The zero-order valence-electron chi connectivity index (χ0n) is 16.8. The number of ether oxygens (including phenoxy) is 5. The van der Waals surface area contributed by atoms with Crippen molar-refractivity contribution >= 4 is 5.78 Å². The average molecular weight is 418 g/mol. The quantitative estimate of drug-likeness (QED) is 0.431. The highest BCUT2D eigenvalue weighted by molar-refractivity contribution is 5.93. The van der Waals surface area contributed by atoms with Gasteiger partial charge in [-0.2, -0.15) is 0 Å². The summed E-state index contributed by atoms with van der Waals surface area (Å²) in [5, 5.41) is 41.9. The van der Waals surface area contributed by atoms with E-state index in [2.05, 4.69) is 0 Å². The summed E-state index contributed by atoms with van der Waals surface area (Å²) in [6, 6.07) is 0. The first-order valence-electron chi connectivity index (χ1n) is 9.81.